The molecule has 1 unspecified atom stereocenters. The zero-order chi connectivity index (χ0) is 13.8. The largest absolute Gasteiger partial charge is 0.325 e. The molecule has 1 aromatic rings. The number of amides is 2. The fourth-order valence-corrected chi connectivity index (χ4v) is 2.39. The second-order valence-electron chi connectivity index (χ2n) is 4.55. The molecule has 1 fully saturated rings. The Kier molecular flexibility index (Phi) is 4.55. The summed E-state index contributed by atoms with van der Waals surface area (Å²) in [4.78, 5) is 23.2. The Morgan fingerprint density at radius 2 is 2.11 bits per heavy atom. The van der Waals surface area contributed by atoms with Gasteiger partial charge in [-0.1, -0.05) is 15.9 Å². The summed E-state index contributed by atoms with van der Waals surface area (Å²) in [6.45, 7) is 3.01. The smallest absolute Gasteiger partial charge is 0.228 e. The topological polar surface area (TPSA) is 70.2 Å². The molecule has 3 N–H and O–H groups in total. The Bertz CT molecular complexity index is 499. The molecule has 102 valence electrons. The lowest BCUT2D eigenvalue weighted by Gasteiger charge is -2.14. The zero-order valence-electron chi connectivity index (χ0n) is 10.6. The van der Waals surface area contributed by atoms with Crippen LogP contribution >= 0.6 is 15.9 Å². The Labute approximate surface area is 120 Å². The molecule has 0 aliphatic carbocycles. The van der Waals surface area contributed by atoms with E-state index in [1.807, 2.05) is 6.07 Å². The third kappa shape index (κ3) is 3.78. The minimum atomic E-state index is -0.166. The van der Waals surface area contributed by atoms with Gasteiger partial charge in [-0.05, 0) is 31.2 Å². The van der Waals surface area contributed by atoms with Crippen LogP contribution in [0.3, 0.4) is 0 Å². The van der Waals surface area contributed by atoms with Gasteiger partial charge in [0.1, 0.15) is 0 Å². The molecule has 6 heteroatoms. The van der Waals surface area contributed by atoms with Crippen LogP contribution in [0.15, 0.2) is 22.7 Å². The highest BCUT2D eigenvalue weighted by Gasteiger charge is 2.23. The number of hydrogen-bond acceptors (Lipinski definition) is 3. The van der Waals surface area contributed by atoms with Crippen LogP contribution in [0, 0.1) is 5.92 Å². The highest BCUT2D eigenvalue weighted by molar-refractivity contribution is 9.10. The lowest BCUT2D eigenvalue weighted by molar-refractivity contribution is -0.119. The van der Waals surface area contributed by atoms with Gasteiger partial charge in [0.25, 0.3) is 0 Å². The number of carbonyl (C=O) groups excluding carboxylic acids is 2. The van der Waals surface area contributed by atoms with Gasteiger partial charge in [-0.3, -0.25) is 9.59 Å². The van der Waals surface area contributed by atoms with Crippen LogP contribution in [0.25, 0.3) is 0 Å². The van der Waals surface area contributed by atoms with Crippen LogP contribution in [-0.2, 0) is 9.59 Å². The number of rotatable bonds is 3. The molecule has 1 saturated heterocycles. The van der Waals surface area contributed by atoms with Crippen molar-refractivity contribution < 1.29 is 9.59 Å². The first kappa shape index (κ1) is 14.0. The summed E-state index contributed by atoms with van der Waals surface area (Å²) >= 11 is 3.36. The summed E-state index contributed by atoms with van der Waals surface area (Å²) in [6.07, 6.45) is 0.843. The van der Waals surface area contributed by atoms with Gasteiger partial charge in [0.15, 0.2) is 0 Å². The molecule has 1 aromatic carbocycles. The fourth-order valence-electron chi connectivity index (χ4n) is 2.03. The Balaban J connectivity index is 2.15. The molecule has 5 nitrogen and oxygen atoms in total. The summed E-state index contributed by atoms with van der Waals surface area (Å²) in [5, 5.41) is 8.74. The Morgan fingerprint density at radius 3 is 2.74 bits per heavy atom. The van der Waals surface area contributed by atoms with Gasteiger partial charge < -0.3 is 16.0 Å². The van der Waals surface area contributed by atoms with E-state index in [2.05, 4.69) is 31.9 Å². The first-order valence-corrected chi connectivity index (χ1v) is 6.94. The van der Waals surface area contributed by atoms with Crippen LogP contribution in [0.1, 0.15) is 13.3 Å². The van der Waals surface area contributed by atoms with Crippen LogP contribution in [0.4, 0.5) is 11.4 Å². The standard InChI is InChI=1S/C13H16BrN3O2/c1-8(18)16-11-3-2-10(14)6-12(11)17-13(19)9-4-5-15-7-9/h2-3,6,9,15H,4-5,7H2,1H3,(H,16,18)(H,17,19). The monoisotopic (exact) mass is 325 g/mol. The van der Waals surface area contributed by atoms with Crippen molar-refractivity contribution in [2.75, 3.05) is 23.7 Å². The maximum absolute atomic E-state index is 12.1. The Morgan fingerprint density at radius 1 is 1.32 bits per heavy atom. The summed E-state index contributed by atoms with van der Waals surface area (Å²) in [6, 6.07) is 5.36. The molecule has 2 amide bonds. The lowest BCUT2D eigenvalue weighted by Crippen LogP contribution is -2.25. The van der Waals surface area contributed by atoms with Gasteiger partial charge in [0.2, 0.25) is 11.8 Å². The van der Waals surface area contributed by atoms with Crippen molar-refractivity contribution in [2.45, 2.75) is 13.3 Å². The number of nitrogens with one attached hydrogen (secondary N) is 3. The number of halogens is 1. The van der Waals surface area contributed by atoms with E-state index in [-0.39, 0.29) is 17.7 Å². The van der Waals surface area contributed by atoms with E-state index >= 15 is 0 Å². The van der Waals surface area contributed by atoms with Crippen LogP contribution in [-0.4, -0.2) is 24.9 Å². The van der Waals surface area contributed by atoms with Crippen molar-refractivity contribution in [3.8, 4) is 0 Å². The van der Waals surface area contributed by atoms with E-state index in [1.54, 1.807) is 12.1 Å². The summed E-state index contributed by atoms with van der Waals surface area (Å²) in [5.41, 5.74) is 1.22. The minimum absolute atomic E-state index is 0.0100. The molecular formula is C13H16BrN3O2. The third-order valence-corrected chi connectivity index (χ3v) is 3.47. The van der Waals surface area contributed by atoms with E-state index in [4.69, 9.17) is 0 Å². The first-order chi connectivity index (χ1) is 9.06. The fraction of sp³-hybridized carbons (Fsp3) is 0.385. The van der Waals surface area contributed by atoms with Gasteiger partial charge in [0, 0.05) is 17.9 Å². The SMILES string of the molecule is CC(=O)Nc1ccc(Br)cc1NC(=O)C1CCNC1. The molecule has 0 saturated carbocycles. The second kappa shape index (κ2) is 6.16. The molecule has 1 atom stereocenters. The molecule has 0 radical (unpaired) electrons. The quantitative estimate of drug-likeness (QED) is 0.795. The molecule has 0 bridgehead atoms. The van der Waals surface area contributed by atoms with Crippen LogP contribution < -0.4 is 16.0 Å². The van der Waals surface area contributed by atoms with Crippen LogP contribution in [0.5, 0.6) is 0 Å². The molecule has 1 aliphatic rings. The van der Waals surface area contributed by atoms with Gasteiger partial charge in [0.05, 0.1) is 17.3 Å². The summed E-state index contributed by atoms with van der Waals surface area (Å²) < 4.78 is 0.849. The molecule has 0 aromatic heterocycles. The van der Waals surface area contributed by atoms with E-state index in [0.29, 0.717) is 17.9 Å². The van der Waals surface area contributed by atoms with Crippen molar-refractivity contribution in [3.63, 3.8) is 0 Å². The summed E-state index contributed by atoms with van der Waals surface area (Å²) in [5.74, 6) is -0.195. The first-order valence-electron chi connectivity index (χ1n) is 6.15. The highest BCUT2D eigenvalue weighted by Crippen LogP contribution is 2.27. The second-order valence-corrected chi connectivity index (χ2v) is 5.47. The normalized spacial score (nSPS) is 18.1. The van der Waals surface area contributed by atoms with Crippen molar-refractivity contribution in [1.29, 1.82) is 0 Å². The Hall–Kier alpha value is -1.40. The van der Waals surface area contributed by atoms with Gasteiger partial charge in [-0.2, -0.15) is 0 Å². The number of benzene rings is 1. The van der Waals surface area contributed by atoms with E-state index in [1.165, 1.54) is 6.92 Å². The minimum Gasteiger partial charge on any atom is -0.325 e. The molecule has 1 aliphatic heterocycles. The van der Waals surface area contributed by atoms with Crippen molar-refractivity contribution in [3.05, 3.63) is 22.7 Å². The van der Waals surface area contributed by atoms with E-state index < -0.39 is 0 Å². The maximum atomic E-state index is 12.1. The van der Waals surface area contributed by atoms with Crippen molar-refractivity contribution in [2.24, 2.45) is 5.92 Å². The van der Waals surface area contributed by atoms with Crippen molar-refractivity contribution in [1.82, 2.24) is 5.32 Å². The molecular weight excluding hydrogens is 310 g/mol. The predicted octanol–water partition coefficient (Wildman–Crippen LogP) is 1.96. The molecule has 1 heterocycles. The van der Waals surface area contributed by atoms with Crippen LogP contribution in [0.2, 0.25) is 0 Å². The molecule has 0 spiro atoms. The lowest BCUT2D eigenvalue weighted by atomic mass is 10.1. The van der Waals surface area contributed by atoms with E-state index in [0.717, 1.165) is 17.4 Å². The third-order valence-electron chi connectivity index (χ3n) is 2.98. The van der Waals surface area contributed by atoms with Crippen molar-refractivity contribution >= 4 is 39.1 Å². The number of hydrogen-bond donors (Lipinski definition) is 3. The van der Waals surface area contributed by atoms with E-state index in [9.17, 15) is 9.59 Å². The molecule has 19 heavy (non-hydrogen) atoms. The highest BCUT2D eigenvalue weighted by atomic mass is 79.9. The average molecular weight is 326 g/mol. The zero-order valence-corrected chi connectivity index (χ0v) is 12.2. The van der Waals surface area contributed by atoms with Gasteiger partial charge in [-0.25, -0.2) is 0 Å². The predicted molar refractivity (Wildman–Crippen MR) is 78.1 cm³/mol. The van der Waals surface area contributed by atoms with Gasteiger partial charge in [-0.15, -0.1) is 0 Å². The molecule has 2 rings (SSSR count). The number of anilines is 2. The average Bonchev–Trinajstić information content (AvgIpc) is 2.86. The maximum Gasteiger partial charge on any atom is 0.228 e. The summed E-state index contributed by atoms with van der Waals surface area (Å²) in [7, 11) is 0. The van der Waals surface area contributed by atoms with Gasteiger partial charge >= 0.3 is 0 Å². The number of carbonyl (C=O) groups is 2.